The number of fused-ring (bicyclic) bond motifs is 4. The number of pyridine rings is 1. The third kappa shape index (κ3) is 3.88. The van der Waals surface area contributed by atoms with Gasteiger partial charge < -0.3 is 20.1 Å². The molecule has 1 spiro atoms. The zero-order valence-corrected chi connectivity index (χ0v) is 19.8. The smallest absolute Gasteiger partial charge is 0.252 e. The zero-order valence-electron chi connectivity index (χ0n) is 19.8. The highest BCUT2D eigenvalue weighted by atomic mass is 16.5. The molecule has 4 heterocycles. The lowest BCUT2D eigenvalue weighted by Gasteiger charge is -2.38. The van der Waals surface area contributed by atoms with Gasteiger partial charge in [0.15, 0.2) is 0 Å². The predicted molar refractivity (Wildman–Crippen MR) is 134 cm³/mol. The summed E-state index contributed by atoms with van der Waals surface area (Å²) in [6, 6.07) is 18.4. The molecule has 1 aromatic heterocycles. The van der Waals surface area contributed by atoms with Crippen molar-refractivity contribution >= 4 is 11.5 Å². The van der Waals surface area contributed by atoms with E-state index in [1.807, 2.05) is 48.7 Å². The maximum Gasteiger partial charge on any atom is 0.252 e. The summed E-state index contributed by atoms with van der Waals surface area (Å²) in [5.41, 5.74) is 5.91. The van der Waals surface area contributed by atoms with Crippen molar-refractivity contribution < 1.29 is 14.3 Å². The van der Waals surface area contributed by atoms with Crippen LogP contribution >= 0.6 is 0 Å². The standard InChI is InChI=1S/C29H29N3O3/c1-34-20-11-12-27-24(16-20)21(22-9-5-15-30-26(22)17-35-27)8-4-6-19-13-14-29(18-31-19)25-10-3-2-7-23(25)28(33)32-29/h2-3,5,7-12,15-16,19,31H,4,6,13-14,17-18H2,1H3,(H,32,33)/b21-8+. The number of benzene rings is 2. The normalized spacial score (nSPS) is 23.6. The average molecular weight is 468 g/mol. The minimum absolute atomic E-state index is 0.0440. The van der Waals surface area contributed by atoms with Crippen molar-refractivity contribution in [2.24, 2.45) is 0 Å². The molecule has 178 valence electrons. The average Bonchev–Trinajstić information content (AvgIpc) is 3.07. The summed E-state index contributed by atoms with van der Waals surface area (Å²) in [5, 5.41) is 6.98. The van der Waals surface area contributed by atoms with Gasteiger partial charge in [-0.05, 0) is 67.2 Å². The van der Waals surface area contributed by atoms with Crippen LogP contribution in [0.25, 0.3) is 5.57 Å². The minimum atomic E-state index is -0.276. The first-order valence-electron chi connectivity index (χ1n) is 12.3. The van der Waals surface area contributed by atoms with Gasteiger partial charge in [0, 0.05) is 35.5 Å². The Morgan fingerprint density at radius 2 is 2.03 bits per heavy atom. The maximum absolute atomic E-state index is 12.5. The molecule has 2 N–H and O–H groups in total. The highest BCUT2D eigenvalue weighted by molar-refractivity contribution is 6.00. The molecule has 3 aromatic rings. The first-order valence-corrected chi connectivity index (χ1v) is 12.3. The number of nitrogens with one attached hydrogen (secondary N) is 2. The number of carbonyl (C=O) groups excluding carboxylic acids is 1. The molecule has 2 aromatic carbocycles. The number of aromatic nitrogens is 1. The Morgan fingerprint density at radius 3 is 2.89 bits per heavy atom. The second-order valence-corrected chi connectivity index (χ2v) is 9.54. The van der Waals surface area contributed by atoms with E-state index in [4.69, 9.17) is 9.47 Å². The highest BCUT2D eigenvalue weighted by Crippen LogP contribution is 2.40. The molecule has 1 fully saturated rings. The Morgan fingerprint density at radius 1 is 1.14 bits per heavy atom. The lowest BCUT2D eigenvalue weighted by molar-refractivity contribution is 0.0907. The highest BCUT2D eigenvalue weighted by Gasteiger charge is 2.44. The summed E-state index contributed by atoms with van der Waals surface area (Å²) in [6.07, 6.45) is 8.04. The van der Waals surface area contributed by atoms with Crippen molar-refractivity contribution in [3.8, 4) is 11.5 Å². The molecule has 0 aliphatic carbocycles. The molecular weight excluding hydrogens is 438 g/mol. The fraction of sp³-hybridized carbons (Fsp3) is 0.310. The van der Waals surface area contributed by atoms with Crippen LogP contribution < -0.4 is 20.1 Å². The Labute approximate surface area is 205 Å². The largest absolute Gasteiger partial charge is 0.497 e. The second-order valence-electron chi connectivity index (χ2n) is 9.54. The fourth-order valence-corrected chi connectivity index (χ4v) is 5.67. The van der Waals surface area contributed by atoms with Crippen LogP contribution in [0.1, 0.15) is 58.4 Å². The molecule has 6 heteroatoms. The van der Waals surface area contributed by atoms with Crippen molar-refractivity contribution in [2.45, 2.75) is 43.9 Å². The van der Waals surface area contributed by atoms with E-state index < -0.39 is 0 Å². The topological polar surface area (TPSA) is 72.5 Å². The van der Waals surface area contributed by atoms with Gasteiger partial charge in [-0.25, -0.2) is 0 Å². The molecule has 2 atom stereocenters. The number of rotatable bonds is 4. The monoisotopic (exact) mass is 467 g/mol. The van der Waals surface area contributed by atoms with Crippen molar-refractivity contribution in [2.75, 3.05) is 13.7 Å². The van der Waals surface area contributed by atoms with E-state index in [2.05, 4.69) is 33.8 Å². The number of methoxy groups -OCH3 is 1. The Balaban J connectivity index is 1.20. The Kier molecular flexibility index (Phi) is 5.53. The molecular formula is C29H29N3O3. The van der Waals surface area contributed by atoms with E-state index in [9.17, 15) is 4.79 Å². The number of piperidine rings is 1. The number of allylic oxidation sites excluding steroid dienone is 1. The third-order valence-electron chi connectivity index (χ3n) is 7.54. The first-order chi connectivity index (χ1) is 17.2. The van der Waals surface area contributed by atoms with E-state index >= 15 is 0 Å². The van der Waals surface area contributed by atoms with Crippen LogP contribution in [-0.4, -0.2) is 30.6 Å². The summed E-state index contributed by atoms with van der Waals surface area (Å²) in [4.78, 5) is 17.0. The van der Waals surface area contributed by atoms with Gasteiger partial charge in [0.2, 0.25) is 0 Å². The van der Waals surface area contributed by atoms with Gasteiger partial charge in [-0.3, -0.25) is 9.78 Å². The van der Waals surface area contributed by atoms with E-state index in [1.54, 1.807) is 7.11 Å². The fourth-order valence-electron chi connectivity index (χ4n) is 5.67. The van der Waals surface area contributed by atoms with E-state index in [1.165, 1.54) is 0 Å². The quantitative estimate of drug-likeness (QED) is 0.588. The van der Waals surface area contributed by atoms with Crippen LogP contribution in [-0.2, 0) is 12.1 Å². The van der Waals surface area contributed by atoms with Gasteiger partial charge >= 0.3 is 0 Å². The molecule has 2 unspecified atom stereocenters. The maximum atomic E-state index is 12.5. The van der Waals surface area contributed by atoms with Crippen LogP contribution in [0.15, 0.2) is 66.9 Å². The lowest BCUT2D eigenvalue weighted by Crippen LogP contribution is -2.54. The van der Waals surface area contributed by atoms with Gasteiger partial charge in [0.05, 0.1) is 18.3 Å². The number of hydrogen-bond acceptors (Lipinski definition) is 5. The zero-order chi connectivity index (χ0) is 23.8. The summed E-state index contributed by atoms with van der Waals surface area (Å²) in [6.45, 7) is 1.21. The van der Waals surface area contributed by atoms with E-state index in [0.717, 1.165) is 77.2 Å². The van der Waals surface area contributed by atoms with Crippen molar-refractivity contribution in [3.63, 3.8) is 0 Å². The number of carbonyl (C=O) groups is 1. The summed E-state index contributed by atoms with van der Waals surface area (Å²) in [7, 11) is 1.69. The van der Waals surface area contributed by atoms with Crippen LogP contribution in [0.4, 0.5) is 0 Å². The molecule has 35 heavy (non-hydrogen) atoms. The van der Waals surface area contributed by atoms with Crippen LogP contribution in [0.2, 0.25) is 0 Å². The molecule has 6 rings (SSSR count). The van der Waals surface area contributed by atoms with Crippen LogP contribution in [0.3, 0.4) is 0 Å². The summed E-state index contributed by atoms with van der Waals surface area (Å²) >= 11 is 0. The Hall–Kier alpha value is -3.64. The van der Waals surface area contributed by atoms with Crippen molar-refractivity contribution in [3.05, 3.63) is 94.8 Å². The van der Waals surface area contributed by atoms with Gasteiger partial charge in [-0.2, -0.15) is 0 Å². The third-order valence-corrected chi connectivity index (χ3v) is 7.54. The molecule has 0 saturated carbocycles. The van der Waals surface area contributed by atoms with Gasteiger partial charge in [0.1, 0.15) is 18.1 Å². The molecule has 1 saturated heterocycles. The van der Waals surface area contributed by atoms with Crippen molar-refractivity contribution in [1.82, 2.24) is 15.6 Å². The summed E-state index contributed by atoms with van der Waals surface area (Å²) in [5.74, 6) is 1.70. The van der Waals surface area contributed by atoms with Crippen molar-refractivity contribution in [1.29, 1.82) is 0 Å². The first kappa shape index (κ1) is 21.9. The van der Waals surface area contributed by atoms with E-state index in [-0.39, 0.29) is 11.4 Å². The molecule has 0 bridgehead atoms. The number of amides is 1. The summed E-state index contributed by atoms with van der Waals surface area (Å²) < 4.78 is 11.6. The molecule has 1 amide bonds. The van der Waals surface area contributed by atoms with Gasteiger partial charge in [0.25, 0.3) is 5.91 Å². The molecule has 3 aliphatic heterocycles. The second kappa shape index (κ2) is 8.86. The number of hydrogen-bond donors (Lipinski definition) is 2. The minimum Gasteiger partial charge on any atom is -0.497 e. The predicted octanol–water partition coefficient (Wildman–Crippen LogP) is 4.59. The Bertz CT molecular complexity index is 1310. The lowest BCUT2D eigenvalue weighted by atomic mass is 9.81. The molecule has 0 radical (unpaired) electrons. The molecule has 6 nitrogen and oxygen atoms in total. The SMILES string of the molecule is COc1ccc2c(c1)/C(=C/CCC1CCC3(CN1)NC(=O)c1ccccc13)c1cccnc1CO2. The van der Waals surface area contributed by atoms with Crippen LogP contribution in [0.5, 0.6) is 11.5 Å². The number of ether oxygens (including phenoxy) is 2. The van der Waals surface area contributed by atoms with Gasteiger partial charge in [-0.1, -0.05) is 30.3 Å². The number of nitrogens with zero attached hydrogens (tertiary/aromatic N) is 1. The molecule has 3 aliphatic rings. The van der Waals surface area contributed by atoms with E-state index in [0.29, 0.717) is 12.6 Å². The van der Waals surface area contributed by atoms with Gasteiger partial charge in [-0.15, -0.1) is 0 Å². The van der Waals surface area contributed by atoms with Crippen LogP contribution in [0, 0.1) is 0 Å².